The SMILES string of the molecule is C[C@@H]1CCN(C(=O)C(N)CCCN=C(N)N[N+](=O)[O-])[C@@H](C(=O)O)C1. The van der Waals surface area contributed by atoms with E-state index in [2.05, 4.69) is 4.99 Å². The number of carboxylic acid groups (broad SMARTS) is 1. The molecule has 0 aromatic heterocycles. The van der Waals surface area contributed by atoms with Crippen molar-refractivity contribution in [3.8, 4) is 0 Å². The summed E-state index contributed by atoms with van der Waals surface area (Å²) in [7, 11) is 0. The predicted molar refractivity (Wildman–Crippen MR) is 85.4 cm³/mol. The van der Waals surface area contributed by atoms with Crippen molar-refractivity contribution in [1.82, 2.24) is 10.3 Å². The number of rotatable bonds is 7. The van der Waals surface area contributed by atoms with E-state index >= 15 is 0 Å². The van der Waals surface area contributed by atoms with E-state index in [9.17, 15) is 24.8 Å². The molecule has 1 heterocycles. The van der Waals surface area contributed by atoms with Crippen molar-refractivity contribution < 1.29 is 19.7 Å². The van der Waals surface area contributed by atoms with Crippen LogP contribution >= 0.6 is 0 Å². The molecular weight excluding hydrogens is 320 g/mol. The Hall–Kier alpha value is -2.43. The van der Waals surface area contributed by atoms with Crippen LogP contribution in [0.3, 0.4) is 0 Å². The Morgan fingerprint density at radius 2 is 2.21 bits per heavy atom. The van der Waals surface area contributed by atoms with E-state index < -0.39 is 29.0 Å². The van der Waals surface area contributed by atoms with Gasteiger partial charge in [-0.15, -0.1) is 0 Å². The van der Waals surface area contributed by atoms with Gasteiger partial charge in [-0.3, -0.25) is 4.79 Å². The highest BCUT2D eigenvalue weighted by Gasteiger charge is 2.36. The zero-order chi connectivity index (χ0) is 18.3. The smallest absolute Gasteiger partial charge is 0.326 e. The summed E-state index contributed by atoms with van der Waals surface area (Å²) in [6, 6.07) is -1.68. The fraction of sp³-hybridized carbons (Fsp3) is 0.769. The molecule has 1 aliphatic heterocycles. The first-order chi connectivity index (χ1) is 11.2. The van der Waals surface area contributed by atoms with E-state index in [1.54, 1.807) is 5.43 Å². The lowest BCUT2D eigenvalue weighted by Crippen LogP contribution is -2.54. The topological polar surface area (TPSA) is 177 Å². The van der Waals surface area contributed by atoms with E-state index in [-0.39, 0.29) is 24.8 Å². The minimum Gasteiger partial charge on any atom is -0.480 e. The number of amides is 1. The summed E-state index contributed by atoms with van der Waals surface area (Å²) in [4.78, 5) is 38.9. The van der Waals surface area contributed by atoms with Gasteiger partial charge in [0.05, 0.1) is 6.04 Å². The van der Waals surface area contributed by atoms with Gasteiger partial charge in [0.1, 0.15) is 6.04 Å². The molecular formula is C13H24N6O5. The van der Waals surface area contributed by atoms with Gasteiger partial charge in [-0.2, -0.15) is 0 Å². The highest BCUT2D eigenvalue weighted by Crippen LogP contribution is 2.23. The second-order valence-corrected chi connectivity index (χ2v) is 5.90. The Bertz CT molecular complexity index is 511. The van der Waals surface area contributed by atoms with Crippen LogP contribution in [0.5, 0.6) is 0 Å². The number of hydrogen-bond donors (Lipinski definition) is 4. The van der Waals surface area contributed by atoms with Crippen LogP contribution in [0, 0.1) is 16.0 Å². The molecule has 1 rings (SSSR count). The maximum atomic E-state index is 12.4. The van der Waals surface area contributed by atoms with Gasteiger partial charge in [0.25, 0.3) is 5.96 Å². The van der Waals surface area contributed by atoms with E-state index in [1.807, 2.05) is 6.92 Å². The number of aliphatic imine (C=N–C) groups is 1. The average Bonchev–Trinajstić information content (AvgIpc) is 2.49. The van der Waals surface area contributed by atoms with Gasteiger partial charge in [0.2, 0.25) is 5.91 Å². The Morgan fingerprint density at radius 1 is 1.54 bits per heavy atom. The molecule has 1 saturated heterocycles. The molecule has 0 spiro atoms. The number of aliphatic carboxylic acids is 1. The Kier molecular flexibility index (Phi) is 7.36. The first-order valence-corrected chi connectivity index (χ1v) is 7.72. The summed E-state index contributed by atoms with van der Waals surface area (Å²) in [5.74, 6) is -1.49. The van der Waals surface area contributed by atoms with Gasteiger partial charge in [0.15, 0.2) is 5.03 Å². The Labute approximate surface area is 139 Å². The van der Waals surface area contributed by atoms with Crippen molar-refractivity contribution in [2.75, 3.05) is 13.1 Å². The minimum absolute atomic E-state index is 0.174. The minimum atomic E-state index is -1.02. The van der Waals surface area contributed by atoms with Crippen molar-refractivity contribution >= 4 is 17.8 Å². The highest BCUT2D eigenvalue weighted by molar-refractivity contribution is 5.87. The van der Waals surface area contributed by atoms with Crippen LogP contribution in [0.2, 0.25) is 0 Å². The van der Waals surface area contributed by atoms with Crippen LogP contribution in [0.1, 0.15) is 32.6 Å². The van der Waals surface area contributed by atoms with Gasteiger partial charge >= 0.3 is 5.97 Å². The van der Waals surface area contributed by atoms with Crippen LogP contribution in [0.4, 0.5) is 0 Å². The van der Waals surface area contributed by atoms with E-state index in [4.69, 9.17) is 11.5 Å². The van der Waals surface area contributed by atoms with E-state index in [0.717, 1.165) is 6.42 Å². The maximum Gasteiger partial charge on any atom is 0.326 e. The molecule has 11 nitrogen and oxygen atoms in total. The van der Waals surface area contributed by atoms with Gasteiger partial charge in [0, 0.05) is 13.1 Å². The maximum absolute atomic E-state index is 12.4. The zero-order valence-corrected chi connectivity index (χ0v) is 13.6. The van der Waals surface area contributed by atoms with Crippen LogP contribution in [-0.2, 0) is 9.59 Å². The van der Waals surface area contributed by atoms with E-state index in [0.29, 0.717) is 19.4 Å². The lowest BCUT2D eigenvalue weighted by molar-refractivity contribution is -0.525. The number of nitrogens with two attached hydrogens (primary N) is 2. The molecule has 1 aliphatic rings. The summed E-state index contributed by atoms with van der Waals surface area (Å²) >= 11 is 0. The summed E-state index contributed by atoms with van der Waals surface area (Å²) in [6.07, 6.45) is 1.85. The second-order valence-electron chi connectivity index (χ2n) is 5.90. The average molecular weight is 344 g/mol. The number of carboxylic acids is 1. The first kappa shape index (κ1) is 19.6. The fourth-order valence-corrected chi connectivity index (χ4v) is 2.62. The number of nitro groups is 1. The van der Waals surface area contributed by atoms with Crippen LogP contribution in [0.25, 0.3) is 0 Å². The molecule has 6 N–H and O–H groups in total. The number of carbonyl (C=O) groups is 2. The van der Waals surface area contributed by atoms with Crippen molar-refractivity contribution in [3.63, 3.8) is 0 Å². The van der Waals surface area contributed by atoms with Crippen LogP contribution in [-0.4, -0.2) is 58.0 Å². The van der Waals surface area contributed by atoms with Crippen LogP contribution < -0.4 is 16.9 Å². The molecule has 0 aromatic carbocycles. The molecule has 0 aromatic rings. The quantitative estimate of drug-likeness (QED) is 0.148. The normalized spacial score (nSPS) is 22.8. The first-order valence-electron chi connectivity index (χ1n) is 7.72. The van der Waals surface area contributed by atoms with Gasteiger partial charge < -0.3 is 21.5 Å². The summed E-state index contributed by atoms with van der Waals surface area (Å²) in [5, 5.41) is 18.6. The molecule has 1 unspecified atom stereocenters. The van der Waals surface area contributed by atoms with Crippen molar-refractivity contribution in [2.45, 2.75) is 44.7 Å². The zero-order valence-electron chi connectivity index (χ0n) is 13.6. The second kappa shape index (κ2) is 9.01. The van der Waals surface area contributed by atoms with Crippen LogP contribution in [0.15, 0.2) is 4.99 Å². The predicted octanol–water partition coefficient (Wildman–Crippen LogP) is -1.10. The van der Waals surface area contributed by atoms with Gasteiger partial charge in [-0.25, -0.2) is 19.9 Å². The Morgan fingerprint density at radius 3 is 2.79 bits per heavy atom. The fourth-order valence-electron chi connectivity index (χ4n) is 2.62. The number of nitrogens with one attached hydrogen (secondary N) is 1. The number of nitrogens with zero attached hydrogens (tertiary/aromatic N) is 3. The number of hydrazine groups is 1. The molecule has 1 amide bonds. The Balaban J connectivity index is 2.49. The lowest BCUT2D eigenvalue weighted by Gasteiger charge is -2.37. The van der Waals surface area contributed by atoms with Gasteiger partial charge in [-0.1, -0.05) is 12.3 Å². The number of likely N-dealkylation sites (tertiary alicyclic amines) is 1. The van der Waals surface area contributed by atoms with E-state index in [1.165, 1.54) is 4.90 Å². The summed E-state index contributed by atoms with van der Waals surface area (Å²) in [5.41, 5.74) is 12.8. The molecule has 3 atom stereocenters. The summed E-state index contributed by atoms with van der Waals surface area (Å²) in [6.45, 7) is 2.51. The molecule has 0 saturated carbocycles. The molecule has 24 heavy (non-hydrogen) atoms. The molecule has 0 bridgehead atoms. The van der Waals surface area contributed by atoms with Crippen molar-refractivity contribution in [1.29, 1.82) is 0 Å². The third-order valence-electron chi connectivity index (χ3n) is 3.91. The number of guanidine groups is 1. The molecule has 0 aliphatic carbocycles. The largest absolute Gasteiger partial charge is 0.480 e. The molecule has 1 fully saturated rings. The third kappa shape index (κ3) is 5.99. The van der Waals surface area contributed by atoms with Gasteiger partial charge in [-0.05, 0) is 31.6 Å². The van der Waals surface area contributed by atoms with Crippen molar-refractivity contribution in [2.24, 2.45) is 22.4 Å². The lowest BCUT2D eigenvalue weighted by atomic mass is 9.91. The number of carbonyl (C=O) groups excluding carboxylic acids is 1. The summed E-state index contributed by atoms with van der Waals surface area (Å²) < 4.78 is 0. The molecule has 136 valence electrons. The molecule has 11 heteroatoms. The molecule has 0 radical (unpaired) electrons. The third-order valence-corrected chi connectivity index (χ3v) is 3.91. The number of piperidine rings is 1. The van der Waals surface area contributed by atoms with Crippen molar-refractivity contribution in [3.05, 3.63) is 10.1 Å². The number of hydrogen-bond acceptors (Lipinski definition) is 6. The monoisotopic (exact) mass is 344 g/mol. The standard InChI is InChI=1S/C13H24N6O5/c1-8-4-6-18(10(7-8)12(21)22)11(20)9(14)3-2-5-16-13(15)17-19(23)24/h8-10H,2-7,14H2,1H3,(H,21,22)(H3,15,16,17)/t8-,9?,10-/m1/s1. The highest BCUT2D eigenvalue weighted by atomic mass is 16.7.